The van der Waals surface area contributed by atoms with Gasteiger partial charge in [-0.25, -0.2) is 0 Å². The standard InChI is InChI=1S/C16H15ClN2O2/c17-12-6-5-11(14(18)9-12)10-19-7-8-21-15-4-2-1-3-13(15)16(19)20/h1-6,9H,7-8,10,18H2. The van der Waals surface area contributed by atoms with Crippen LogP contribution in [-0.4, -0.2) is 24.0 Å². The normalized spacial score (nSPS) is 14.3. The lowest BCUT2D eigenvalue weighted by atomic mass is 10.1. The highest BCUT2D eigenvalue weighted by Gasteiger charge is 2.23. The maximum Gasteiger partial charge on any atom is 0.258 e. The number of nitrogens with zero attached hydrogens (tertiary/aromatic N) is 1. The van der Waals surface area contributed by atoms with E-state index in [9.17, 15) is 4.79 Å². The molecule has 1 heterocycles. The Hall–Kier alpha value is -2.20. The average molecular weight is 303 g/mol. The number of anilines is 1. The van der Waals surface area contributed by atoms with Crippen molar-refractivity contribution in [1.29, 1.82) is 0 Å². The monoisotopic (exact) mass is 302 g/mol. The zero-order valence-electron chi connectivity index (χ0n) is 11.4. The Morgan fingerprint density at radius 3 is 2.86 bits per heavy atom. The zero-order valence-corrected chi connectivity index (χ0v) is 12.1. The molecule has 2 aromatic rings. The van der Waals surface area contributed by atoms with Gasteiger partial charge in [-0.2, -0.15) is 0 Å². The number of hydrogen-bond acceptors (Lipinski definition) is 3. The SMILES string of the molecule is Nc1cc(Cl)ccc1CN1CCOc2ccccc2C1=O. The van der Waals surface area contributed by atoms with Crippen molar-refractivity contribution in [2.24, 2.45) is 0 Å². The number of carbonyl (C=O) groups is 1. The lowest BCUT2D eigenvalue weighted by Crippen LogP contribution is -2.32. The number of fused-ring (bicyclic) bond motifs is 1. The smallest absolute Gasteiger partial charge is 0.258 e. The van der Waals surface area contributed by atoms with Gasteiger partial charge in [0.15, 0.2) is 0 Å². The molecule has 5 heteroatoms. The fraction of sp³-hybridized carbons (Fsp3) is 0.188. The number of ether oxygens (including phenoxy) is 1. The maximum absolute atomic E-state index is 12.6. The van der Waals surface area contributed by atoms with E-state index in [2.05, 4.69) is 0 Å². The molecule has 0 saturated heterocycles. The summed E-state index contributed by atoms with van der Waals surface area (Å²) >= 11 is 5.90. The number of para-hydroxylation sites is 1. The molecule has 1 aliphatic rings. The lowest BCUT2D eigenvalue weighted by Gasteiger charge is -2.21. The summed E-state index contributed by atoms with van der Waals surface area (Å²) in [6.45, 7) is 1.44. The van der Waals surface area contributed by atoms with Gasteiger partial charge in [0.05, 0.1) is 12.1 Å². The molecule has 3 rings (SSSR count). The fourth-order valence-electron chi connectivity index (χ4n) is 2.37. The van der Waals surface area contributed by atoms with E-state index in [1.807, 2.05) is 24.3 Å². The largest absolute Gasteiger partial charge is 0.491 e. The number of benzene rings is 2. The van der Waals surface area contributed by atoms with Crippen molar-refractivity contribution in [3.63, 3.8) is 0 Å². The fourth-order valence-corrected chi connectivity index (χ4v) is 2.55. The van der Waals surface area contributed by atoms with Crippen molar-refractivity contribution in [2.45, 2.75) is 6.54 Å². The van der Waals surface area contributed by atoms with Gasteiger partial charge in [-0.15, -0.1) is 0 Å². The Kier molecular flexibility index (Phi) is 3.71. The molecule has 4 nitrogen and oxygen atoms in total. The van der Waals surface area contributed by atoms with Gasteiger partial charge in [0, 0.05) is 17.3 Å². The molecule has 1 amide bonds. The third-order valence-electron chi connectivity index (χ3n) is 3.49. The Morgan fingerprint density at radius 1 is 1.24 bits per heavy atom. The van der Waals surface area contributed by atoms with Crippen LogP contribution in [0.25, 0.3) is 0 Å². The van der Waals surface area contributed by atoms with Gasteiger partial charge < -0.3 is 15.4 Å². The average Bonchev–Trinajstić information content (AvgIpc) is 2.63. The number of amides is 1. The summed E-state index contributed by atoms with van der Waals surface area (Å²) in [5.41, 5.74) is 8.02. The predicted molar refractivity (Wildman–Crippen MR) is 82.5 cm³/mol. The van der Waals surface area contributed by atoms with Crippen LogP contribution in [0.3, 0.4) is 0 Å². The molecule has 0 saturated carbocycles. The molecular weight excluding hydrogens is 288 g/mol. The van der Waals surface area contributed by atoms with Gasteiger partial charge in [0.1, 0.15) is 12.4 Å². The van der Waals surface area contributed by atoms with Crippen molar-refractivity contribution in [2.75, 3.05) is 18.9 Å². The Balaban J connectivity index is 1.87. The number of nitrogens with two attached hydrogens (primary N) is 1. The topological polar surface area (TPSA) is 55.6 Å². The molecule has 0 atom stereocenters. The van der Waals surface area contributed by atoms with E-state index in [1.54, 1.807) is 23.1 Å². The summed E-state index contributed by atoms with van der Waals surface area (Å²) in [5.74, 6) is 0.589. The molecule has 0 aromatic heterocycles. The van der Waals surface area contributed by atoms with Gasteiger partial charge in [-0.1, -0.05) is 29.8 Å². The van der Waals surface area contributed by atoms with Crippen LogP contribution in [0, 0.1) is 0 Å². The molecule has 0 spiro atoms. The third-order valence-corrected chi connectivity index (χ3v) is 3.73. The molecule has 0 radical (unpaired) electrons. The molecule has 2 N–H and O–H groups in total. The first kappa shape index (κ1) is 13.8. The number of hydrogen-bond donors (Lipinski definition) is 1. The summed E-state index contributed by atoms with van der Waals surface area (Å²) in [6, 6.07) is 12.6. The quantitative estimate of drug-likeness (QED) is 0.868. The van der Waals surface area contributed by atoms with Crippen molar-refractivity contribution in [3.05, 3.63) is 58.6 Å². The minimum Gasteiger partial charge on any atom is -0.491 e. The predicted octanol–water partition coefficient (Wildman–Crippen LogP) is 2.96. The van der Waals surface area contributed by atoms with Gasteiger partial charge >= 0.3 is 0 Å². The number of rotatable bonds is 2. The summed E-state index contributed by atoms with van der Waals surface area (Å²) in [6.07, 6.45) is 0. The van der Waals surface area contributed by atoms with Crippen molar-refractivity contribution < 1.29 is 9.53 Å². The van der Waals surface area contributed by atoms with Gasteiger partial charge in [0.25, 0.3) is 5.91 Å². The minimum absolute atomic E-state index is 0.0440. The lowest BCUT2D eigenvalue weighted by molar-refractivity contribution is 0.0743. The van der Waals surface area contributed by atoms with Crippen LogP contribution in [0.2, 0.25) is 5.02 Å². The highest BCUT2D eigenvalue weighted by molar-refractivity contribution is 6.30. The molecule has 0 fully saturated rings. The molecular formula is C16H15ClN2O2. The molecule has 1 aliphatic heterocycles. The first-order chi connectivity index (χ1) is 10.1. The molecule has 0 aliphatic carbocycles. The third kappa shape index (κ3) is 2.81. The van der Waals surface area contributed by atoms with Gasteiger partial charge in [0.2, 0.25) is 0 Å². The number of halogens is 1. The zero-order chi connectivity index (χ0) is 14.8. The number of nitrogen functional groups attached to an aromatic ring is 1. The summed E-state index contributed by atoms with van der Waals surface area (Å²) in [7, 11) is 0. The first-order valence-corrected chi connectivity index (χ1v) is 7.08. The Labute approximate surface area is 128 Å². The van der Waals surface area contributed by atoms with E-state index in [0.29, 0.717) is 41.7 Å². The Bertz CT molecular complexity index is 688. The van der Waals surface area contributed by atoms with Crippen LogP contribution in [0.1, 0.15) is 15.9 Å². The van der Waals surface area contributed by atoms with E-state index < -0.39 is 0 Å². The van der Waals surface area contributed by atoms with E-state index in [4.69, 9.17) is 22.1 Å². The van der Waals surface area contributed by atoms with E-state index in [-0.39, 0.29) is 5.91 Å². The Morgan fingerprint density at radius 2 is 2.05 bits per heavy atom. The highest BCUT2D eigenvalue weighted by atomic mass is 35.5. The van der Waals surface area contributed by atoms with E-state index >= 15 is 0 Å². The van der Waals surface area contributed by atoms with Crippen LogP contribution >= 0.6 is 11.6 Å². The molecule has 2 aromatic carbocycles. The minimum atomic E-state index is -0.0440. The van der Waals surface area contributed by atoms with Crippen LogP contribution < -0.4 is 10.5 Å². The second kappa shape index (κ2) is 5.66. The summed E-state index contributed by atoms with van der Waals surface area (Å²) in [4.78, 5) is 14.3. The van der Waals surface area contributed by atoms with Crippen LogP contribution in [0.4, 0.5) is 5.69 Å². The summed E-state index contributed by atoms with van der Waals surface area (Å²) in [5, 5.41) is 0.590. The second-order valence-electron chi connectivity index (χ2n) is 4.91. The van der Waals surface area contributed by atoms with Crippen molar-refractivity contribution in [1.82, 2.24) is 4.90 Å². The molecule has 21 heavy (non-hydrogen) atoms. The number of carbonyl (C=O) groups excluding carboxylic acids is 1. The molecule has 108 valence electrons. The highest BCUT2D eigenvalue weighted by Crippen LogP contribution is 2.25. The molecule has 0 unspecified atom stereocenters. The second-order valence-corrected chi connectivity index (χ2v) is 5.35. The first-order valence-electron chi connectivity index (χ1n) is 6.70. The van der Waals surface area contributed by atoms with Gasteiger partial charge in [-0.3, -0.25) is 4.79 Å². The maximum atomic E-state index is 12.6. The van der Waals surface area contributed by atoms with Crippen molar-refractivity contribution >= 4 is 23.2 Å². The molecule has 0 bridgehead atoms. The van der Waals surface area contributed by atoms with Crippen molar-refractivity contribution in [3.8, 4) is 5.75 Å². The van der Waals surface area contributed by atoms with Crippen LogP contribution in [0.15, 0.2) is 42.5 Å². The van der Waals surface area contributed by atoms with Gasteiger partial charge in [-0.05, 0) is 29.8 Å². The summed E-state index contributed by atoms with van der Waals surface area (Å²) < 4.78 is 5.62. The van der Waals surface area contributed by atoms with E-state index in [1.165, 1.54) is 0 Å². The van der Waals surface area contributed by atoms with Crippen LogP contribution in [-0.2, 0) is 6.54 Å². The van der Waals surface area contributed by atoms with Crippen LogP contribution in [0.5, 0.6) is 5.75 Å². The van der Waals surface area contributed by atoms with E-state index in [0.717, 1.165) is 5.56 Å².